The standard InChI is InChI=1S/C21H23O6P/c1-15(22)13-16(21(23)26-12-11-25-2)14-28(24)20-10-6-4-8-18(20)17-7-3-5-9-19(17)27-28/h3-10,16H,11-14H2,1-2H3. The van der Waals surface area contributed by atoms with Crippen LogP contribution in [-0.2, 0) is 23.6 Å². The van der Waals surface area contributed by atoms with Crippen LogP contribution in [0.1, 0.15) is 13.3 Å². The molecule has 1 heterocycles. The summed E-state index contributed by atoms with van der Waals surface area (Å²) in [5, 5.41) is 0.562. The molecule has 0 bridgehead atoms. The molecule has 0 aromatic heterocycles. The Bertz CT molecular complexity index is 923. The summed E-state index contributed by atoms with van der Waals surface area (Å²) in [6, 6.07) is 14.7. The van der Waals surface area contributed by atoms with Crippen molar-refractivity contribution < 1.29 is 28.2 Å². The Morgan fingerprint density at radius 2 is 1.71 bits per heavy atom. The molecule has 0 aliphatic carbocycles. The summed E-state index contributed by atoms with van der Waals surface area (Å²) < 4.78 is 29.9. The lowest BCUT2D eigenvalue weighted by atomic mass is 10.0. The van der Waals surface area contributed by atoms with Gasteiger partial charge in [-0.25, -0.2) is 0 Å². The lowest BCUT2D eigenvalue weighted by Crippen LogP contribution is -2.29. The lowest BCUT2D eigenvalue weighted by Gasteiger charge is -2.30. The van der Waals surface area contributed by atoms with E-state index in [9.17, 15) is 14.2 Å². The third-order valence-corrected chi connectivity index (χ3v) is 7.09. The van der Waals surface area contributed by atoms with Gasteiger partial charge < -0.3 is 18.8 Å². The molecule has 0 saturated carbocycles. The fraction of sp³-hybridized carbons (Fsp3) is 0.333. The zero-order valence-corrected chi connectivity index (χ0v) is 16.8. The molecule has 0 fully saturated rings. The van der Waals surface area contributed by atoms with Crippen molar-refractivity contribution in [3.63, 3.8) is 0 Å². The van der Waals surface area contributed by atoms with Gasteiger partial charge >= 0.3 is 5.97 Å². The van der Waals surface area contributed by atoms with Crippen LogP contribution in [0.3, 0.4) is 0 Å². The van der Waals surface area contributed by atoms with Gasteiger partial charge in [0.05, 0.1) is 24.0 Å². The van der Waals surface area contributed by atoms with Crippen molar-refractivity contribution in [1.29, 1.82) is 0 Å². The van der Waals surface area contributed by atoms with Crippen LogP contribution in [0.2, 0.25) is 0 Å². The SMILES string of the molecule is COCCOC(=O)C(CC(C)=O)CP1(=O)Oc2ccccc2-c2ccccc21. The van der Waals surface area contributed by atoms with Crippen molar-refractivity contribution in [1.82, 2.24) is 0 Å². The maximum atomic E-state index is 13.9. The second-order valence-corrected chi connectivity index (χ2v) is 9.10. The number of Topliss-reactive ketones (excluding diaryl/α,β-unsaturated/α-hetero) is 1. The van der Waals surface area contributed by atoms with Gasteiger partial charge in [0.2, 0.25) is 0 Å². The maximum Gasteiger partial charge on any atom is 0.310 e. The highest BCUT2D eigenvalue weighted by molar-refractivity contribution is 7.67. The van der Waals surface area contributed by atoms with Gasteiger partial charge in [-0.2, -0.15) is 0 Å². The number of carbonyl (C=O) groups is 2. The Balaban J connectivity index is 1.93. The van der Waals surface area contributed by atoms with Gasteiger partial charge in [-0.15, -0.1) is 0 Å². The van der Waals surface area contributed by atoms with Crippen LogP contribution in [0.25, 0.3) is 11.1 Å². The Morgan fingerprint density at radius 3 is 2.43 bits per heavy atom. The van der Waals surface area contributed by atoms with Gasteiger partial charge in [-0.1, -0.05) is 36.4 Å². The molecular weight excluding hydrogens is 379 g/mol. The zero-order valence-electron chi connectivity index (χ0n) is 15.9. The number of carbonyl (C=O) groups excluding carboxylic acids is 2. The van der Waals surface area contributed by atoms with E-state index in [1.165, 1.54) is 14.0 Å². The monoisotopic (exact) mass is 402 g/mol. The molecule has 2 unspecified atom stereocenters. The first-order chi connectivity index (χ1) is 13.4. The fourth-order valence-corrected chi connectivity index (χ4v) is 5.89. The fourth-order valence-electron chi connectivity index (χ4n) is 3.31. The van der Waals surface area contributed by atoms with Crippen LogP contribution < -0.4 is 9.83 Å². The van der Waals surface area contributed by atoms with Crippen LogP contribution in [-0.4, -0.2) is 38.2 Å². The molecule has 2 atom stereocenters. The summed E-state index contributed by atoms with van der Waals surface area (Å²) in [6.07, 6.45) is -0.146. The number of methoxy groups -OCH3 is 1. The maximum absolute atomic E-state index is 13.9. The second kappa shape index (κ2) is 8.72. The van der Waals surface area contributed by atoms with E-state index in [1.807, 2.05) is 30.3 Å². The first-order valence-corrected chi connectivity index (χ1v) is 10.9. The van der Waals surface area contributed by atoms with Crippen LogP contribution in [0.5, 0.6) is 5.75 Å². The van der Waals surface area contributed by atoms with Gasteiger partial charge in [0, 0.05) is 19.1 Å². The molecule has 2 aromatic rings. The summed E-state index contributed by atoms with van der Waals surface area (Å²) in [4.78, 5) is 24.2. The van der Waals surface area contributed by atoms with Crippen molar-refractivity contribution >= 4 is 24.4 Å². The highest BCUT2D eigenvalue weighted by atomic mass is 31.2. The molecule has 28 heavy (non-hydrogen) atoms. The topological polar surface area (TPSA) is 78.9 Å². The van der Waals surface area contributed by atoms with E-state index >= 15 is 0 Å². The first kappa shape index (κ1) is 20.3. The summed E-state index contributed by atoms with van der Waals surface area (Å²) in [5.41, 5.74) is 1.68. The Hall–Kier alpha value is -2.43. The molecule has 148 valence electrons. The van der Waals surface area contributed by atoms with Gasteiger partial charge in [-0.05, 0) is 24.6 Å². The van der Waals surface area contributed by atoms with Crippen molar-refractivity contribution in [3.05, 3.63) is 48.5 Å². The van der Waals surface area contributed by atoms with E-state index in [0.29, 0.717) is 11.1 Å². The van der Waals surface area contributed by atoms with E-state index in [4.69, 9.17) is 14.0 Å². The van der Waals surface area contributed by atoms with E-state index in [-0.39, 0.29) is 31.6 Å². The summed E-state index contributed by atoms with van der Waals surface area (Å²) in [6.45, 7) is 1.73. The minimum absolute atomic E-state index is 0.0526. The number of hydrogen-bond donors (Lipinski definition) is 0. The molecule has 0 amide bonds. The first-order valence-electron chi connectivity index (χ1n) is 9.07. The minimum Gasteiger partial charge on any atom is -0.463 e. The predicted octanol–water partition coefficient (Wildman–Crippen LogP) is 3.43. The van der Waals surface area contributed by atoms with Gasteiger partial charge in [0.25, 0.3) is 7.37 Å². The summed E-state index contributed by atoms with van der Waals surface area (Å²) in [5.74, 6) is -1.08. The average Bonchev–Trinajstić information content (AvgIpc) is 2.67. The lowest BCUT2D eigenvalue weighted by molar-refractivity contribution is -0.150. The quantitative estimate of drug-likeness (QED) is 0.382. The molecule has 2 aromatic carbocycles. The summed E-state index contributed by atoms with van der Waals surface area (Å²) >= 11 is 0. The highest BCUT2D eigenvalue weighted by Crippen LogP contribution is 2.55. The van der Waals surface area contributed by atoms with Crippen molar-refractivity contribution in [2.24, 2.45) is 5.92 Å². The molecule has 7 heteroatoms. The van der Waals surface area contributed by atoms with Gasteiger partial charge in [0.15, 0.2) is 0 Å². The predicted molar refractivity (Wildman–Crippen MR) is 106 cm³/mol. The molecule has 3 rings (SSSR count). The molecule has 1 aliphatic rings. The molecule has 6 nitrogen and oxygen atoms in total. The van der Waals surface area contributed by atoms with E-state index in [1.54, 1.807) is 18.2 Å². The third kappa shape index (κ3) is 4.34. The number of ether oxygens (including phenoxy) is 2. The Kier molecular flexibility index (Phi) is 6.32. The number of para-hydroxylation sites is 1. The number of fused-ring (bicyclic) bond motifs is 3. The molecule has 0 spiro atoms. The van der Waals surface area contributed by atoms with Crippen LogP contribution >= 0.6 is 7.37 Å². The number of ketones is 1. The van der Waals surface area contributed by atoms with Crippen LogP contribution in [0.4, 0.5) is 0 Å². The van der Waals surface area contributed by atoms with Gasteiger partial charge in [-0.3, -0.25) is 9.36 Å². The van der Waals surface area contributed by atoms with E-state index in [2.05, 4.69) is 0 Å². The smallest absolute Gasteiger partial charge is 0.310 e. The second-order valence-electron chi connectivity index (χ2n) is 6.72. The van der Waals surface area contributed by atoms with Crippen LogP contribution in [0, 0.1) is 5.92 Å². The minimum atomic E-state index is -3.43. The van der Waals surface area contributed by atoms with Crippen molar-refractivity contribution in [3.8, 4) is 16.9 Å². The number of benzene rings is 2. The number of hydrogen-bond acceptors (Lipinski definition) is 6. The number of rotatable bonds is 8. The third-order valence-electron chi connectivity index (χ3n) is 4.55. The Morgan fingerprint density at radius 1 is 1.04 bits per heavy atom. The normalized spacial score (nSPS) is 18.4. The highest BCUT2D eigenvalue weighted by Gasteiger charge is 2.40. The molecule has 0 N–H and O–H groups in total. The van der Waals surface area contributed by atoms with E-state index < -0.39 is 19.3 Å². The largest absolute Gasteiger partial charge is 0.463 e. The molecule has 0 saturated heterocycles. The number of esters is 1. The molecular formula is C21H23O6P. The zero-order chi connectivity index (χ0) is 20.1. The molecule has 1 aliphatic heterocycles. The summed E-state index contributed by atoms with van der Waals surface area (Å²) in [7, 11) is -1.92. The molecule has 0 radical (unpaired) electrons. The average molecular weight is 402 g/mol. The van der Waals surface area contributed by atoms with Gasteiger partial charge in [0.1, 0.15) is 18.1 Å². The van der Waals surface area contributed by atoms with Crippen molar-refractivity contribution in [2.75, 3.05) is 26.5 Å². The van der Waals surface area contributed by atoms with Crippen molar-refractivity contribution in [2.45, 2.75) is 13.3 Å². The van der Waals surface area contributed by atoms with E-state index in [0.717, 1.165) is 11.1 Å². The Labute approximate surface area is 164 Å². The van der Waals surface area contributed by atoms with Crippen LogP contribution in [0.15, 0.2) is 48.5 Å².